The topological polar surface area (TPSA) is 123 Å². The van der Waals surface area contributed by atoms with Crippen molar-refractivity contribution in [2.45, 2.75) is 4.90 Å². The zero-order valence-electron chi connectivity index (χ0n) is 9.53. The van der Waals surface area contributed by atoms with Gasteiger partial charge in [-0.1, -0.05) is 0 Å². The van der Waals surface area contributed by atoms with Crippen molar-refractivity contribution in [3.63, 3.8) is 0 Å². The monoisotopic (exact) mass is 266 g/mol. The SMILES string of the molecule is CNc1ncc(S(=O)(=O)N(CC#N)CC#N)cn1. The van der Waals surface area contributed by atoms with Gasteiger partial charge in [-0.05, 0) is 0 Å². The highest BCUT2D eigenvalue weighted by Crippen LogP contribution is 2.13. The summed E-state index contributed by atoms with van der Waals surface area (Å²) in [5.41, 5.74) is 0. The standard InChI is InChI=1S/C9H10N6O2S/c1-12-9-13-6-8(7-14-9)18(16,17)15(4-2-10)5-3-11/h6-7H,4-5H2,1H3,(H,12,13,14). The smallest absolute Gasteiger partial charge is 0.248 e. The Labute approximate surface area is 105 Å². The van der Waals surface area contributed by atoms with Crippen molar-refractivity contribution in [1.29, 1.82) is 10.5 Å². The first kappa shape index (κ1) is 13.8. The number of rotatable bonds is 5. The molecule has 1 aromatic rings. The van der Waals surface area contributed by atoms with Gasteiger partial charge in [0.15, 0.2) is 0 Å². The molecular formula is C9H10N6O2S. The maximum absolute atomic E-state index is 12.0. The van der Waals surface area contributed by atoms with Crippen LogP contribution in [-0.4, -0.2) is 42.8 Å². The molecule has 0 saturated heterocycles. The lowest BCUT2D eigenvalue weighted by atomic mass is 10.6. The summed E-state index contributed by atoms with van der Waals surface area (Å²) in [5.74, 6) is 0.279. The molecular weight excluding hydrogens is 256 g/mol. The Morgan fingerprint density at radius 2 is 1.78 bits per heavy atom. The zero-order chi connectivity index (χ0) is 13.6. The number of aromatic nitrogens is 2. The third-order valence-corrected chi connectivity index (χ3v) is 3.73. The molecule has 0 amide bonds. The average Bonchev–Trinajstić information content (AvgIpc) is 2.38. The van der Waals surface area contributed by atoms with E-state index in [9.17, 15) is 8.42 Å². The van der Waals surface area contributed by atoms with E-state index in [1.54, 1.807) is 19.2 Å². The van der Waals surface area contributed by atoms with Crippen LogP contribution < -0.4 is 5.32 Å². The van der Waals surface area contributed by atoms with Crippen LogP contribution in [0.25, 0.3) is 0 Å². The highest BCUT2D eigenvalue weighted by molar-refractivity contribution is 7.89. The van der Waals surface area contributed by atoms with Crippen LogP contribution in [0.15, 0.2) is 17.3 Å². The fourth-order valence-electron chi connectivity index (χ4n) is 1.11. The van der Waals surface area contributed by atoms with Crippen molar-refractivity contribution in [1.82, 2.24) is 14.3 Å². The Morgan fingerprint density at radius 1 is 1.28 bits per heavy atom. The third-order valence-electron chi connectivity index (χ3n) is 1.98. The Kier molecular flexibility index (Phi) is 4.54. The Balaban J connectivity index is 3.11. The number of anilines is 1. The molecule has 0 atom stereocenters. The van der Waals surface area contributed by atoms with E-state index in [-0.39, 0.29) is 10.8 Å². The first-order chi connectivity index (χ1) is 8.56. The minimum atomic E-state index is -3.91. The number of hydrogen-bond donors (Lipinski definition) is 1. The first-order valence-electron chi connectivity index (χ1n) is 4.80. The largest absolute Gasteiger partial charge is 0.357 e. The normalized spacial score (nSPS) is 10.7. The Bertz CT molecular complexity index is 567. The van der Waals surface area contributed by atoms with Crippen LogP contribution >= 0.6 is 0 Å². The number of sulfonamides is 1. The number of hydrogen-bond acceptors (Lipinski definition) is 7. The predicted molar refractivity (Wildman–Crippen MR) is 61.6 cm³/mol. The molecule has 0 fully saturated rings. The van der Waals surface area contributed by atoms with Gasteiger partial charge in [-0.15, -0.1) is 0 Å². The number of nitrogens with one attached hydrogen (secondary N) is 1. The molecule has 94 valence electrons. The Hall–Kier alpha value is -2.23. The van der Waals surface area contributed by atoms with Crippen LogP contribution in [0.5, 0.6) is 0 Å². The van der Waals surface area contributed by atoms with Crippen molar-refractivity contribution < 1.29 is 8.42 Å². The Morgan fingerprint density at radius 3 is 2.17 bits per heavy atom. The summed E-state index contributed by atoms with van der Waals surface area (Å²) in [5, 5.41) is 19.7. The van der Waals surface area contributed by atoms with Crippen LogP contribution in [0.3, 0.4) is 0 Å². The third kappa shape index (κ3) is 2.91. The second-order valence-electron chi connectivity index (χ2n) is 3.08. The minimum Gasteiger partial charge on any atom is -0.357 e. The molecule has 0 aliphatic carbocycles. The molecule has 9 heteroatoms. The van der Waals surface area contributed by atoms with Gasteiger partial charge in [0.2, 0.25) is 16.0 Å². The molecule has 0 aliphatic rings. The molecule has 0 unspecified atom stereocenters. The molecule has 1 aromatic heterocycles. The van der Waals surface area contributed by atoms with Crippen LogP contribution in [-0.2, 0) is 10.0 Å². The van der Waals surface area contributed by atoms with E-state index in [0.29, 0.717) is 0 Å². The second kappa shape index (κ2) is 5.91. The summed E-state index contributed by atoms with van der Waals surface area (Å²) >= 11 is 0. The molecule has 18 heavy (non-hydrogen) atoms. The predicted octanol–water partition coefficient (Wildman–Crippen LogP) is -0.444. The summed E-state index contributed by atoms with van der Waals surface area (Å²) in [6, 6.07) is 3.39. The maximum Gasteiger partial charge on any atom is 0.248 e. The van der Waals surface area contributed by atoms with Crippen molar-refractivity contribution in [3.05, 3.63) is 12.4 Å². The molecule has 0 radical (unpaired) electrons. The minimum absolute atomic E-state index is 0.160. The van der Waals surface area contributed by atoms with Crippen molar-refractivity contribution in [2.75, 3.05) is 25.5 Å². The van der Waals surface area contributed by atoms with Crippen molar-refractivity contribution in [2.24, 2.45) is 0 Å². The summed E-state index contributed by atoms with van der Waals surface area (Å²) in [7, 11) is -2.32. The van der Waals surface area contributed by atoms with Gasteiger partial charge < -0.3 is 5.32 Å². The van der Waals surface area contributed by atoms with Crippen molar-refractivity contribution in [3.8, 4) is 12.1 Å². The van der Waals surface area contributed by atoms with Gasteiger partial charge >= 0.3 is 0 Å². The molecule has 0 bridgehead atoms. The highest BCUT2D eigenvalue weighted by Gasteiger charge is 2.24. The molecule has 1 heterocycles. The molecule has 0 spiro atoms. The summed E-state index contributed by atoms with van der Waals surface area (Å²) in [6.07, 6.45) is 2.24. The first-order valence-corrected chi connectivity index (χ1v) is 6.24. The lowest BCUT2D eigenvalue weighted by Gasteiger charge is -2.15. The lowest BCUT2D eigenvalue weighted by molar-refractivity contribution is 0.479. The van der Waals surface area contributed by atoms with Gasteiger partial charge in [-0.2, -0.15) is 14.8 Å². The van der Waals surface area contributed by atoms with Crippen LogP contribution in [0.4, 0.5) is 5.95 Å². The average molecular weight is 266 g/mol. The molecule has 1 rings (SSSR count). The fraction of sp³-hybridized carbons (Fsp3) is 0.333. The lowest BCUT2D eigenvalue weighted by Crippen LogP contribution is -2.32. The van der Waals surface area contributed by atoms with E-state index in [2.05, 4.69) is 15.3 Å². The summed E-state index contributed by atoms with van der Waals surface area (Å²) in [6.45, 7) is -0.798. The summed E-state index contributed by atoms with van der Waals surface area (Å²) < 4.78 is 24.8. The highest BCUT2D eigenvalue weighted by atomic mass is 32.2. The van der Waals surface area contributed by atoms with Crippen LogP contribution in [0, 0.1) is 22.7 Å². The van der Waals surface area contributed by atoms with Gasteiger partial charge in [0.1, 0.15) is 18.0 Å². The van der Waals surface area contributed by atoms with Gasteiger partial charge in [0, 0.05) is 7.05 Å². The van der Waals surface area contributed by atoms with E-state index in [4.69, 9.17) is 10.5 Å². The molecule has 0 aliphatic heterocycles. The van der Waals surface area contributed by atoms with E-state index in [1.165, 1.54) is 0 Å². The van der Waals surface area contributed by atoms with Crippen LogP contribution in [0.2, 0.25) is 0 Å². The summed E-state index contributed by atoms with van der Waals surface area (Å²) in [4.78, 5) is 7.38. The van der Waals surface area contributed by atoms with Gasteiger partial charge in [0.25, 0.3) is 0 Å². The van der Waals surface area contributed by atoms with Crippen molar-refractivity contribution >= 4 is 16.0 Å². The molecule has 8 nitrogen and oxygen atoms in total. The fourth-order valence-corrected chi connectivity index (χ4v) is 2.24. The van der Waals surface area contributed by atoms with Gasteiger partial charge in [-0.3, -0.25) is 0 Å². The quantitative estimate of drug-likeness (QED) is 0.716. The zero-order valence-corrected chi connectivity index (χ0v) is 10.3. The van der Waals surface area contributed by atoms with Gasteiger partial charge in [0.05, 0.1) is 24.5 Å². The maximum atomic E-state index is 12.0. The molecule has 0 saturated carbocycles. The van der Waals surface area contributed by atoms with Crippen LogP contribution in [0.1, 0.15) is 0 Å². The second-order valence-corrected chi connectivity index (χ2v) is 5.02. The van der Waals surface area contributed by atoms with E-state index >= 15 is 0 Å². The van der Waals surface area contributed by atoms with Gasteiger partial charge in [-0.25, -0.2) is 18.4 Å². The number of nitriles is 2. The molecule has 0 aromatic carbocycles. The van der Waals surface area contributed by atoms with E-state index in [1.807, 2.05) is 0 Å². The number of nitrogens with zero attached hydrogens (tertiary/aromatic N) is 5. The molecule has 1 N–H and O–H groups in total. The van der Waals surface area contributed by atoms with E-state index < -0.39 is 23.1 Å². The van der Waals surface area contributed by atoms with E-state index in [0.717, 1.165) is 16.7 Å².